The molecule has 0 aromatic heterocycles. The molecule has 0 amide bonds. The van der Waals surface area contributed by atoms with Gasteiger partial charge in [-0.25, -0.2) is 0 Å². The van der Waals surface area contributed by atoms with Gasteiger partial charge in [-0.05, 0) is 50.9 Å². The van der Waals surface area contributed by atoms with Crippen molar-refractivity contribution in [2.24, 2.45) is 17.8 Å². The van der Waals surface area contributed by atoms with Crippen LogP contribution in [0.3, 0.4) is 0 Å². The van der Waals surface area contributed by atoms with Gasteiger partial charge >= 0.3 is 0 Å². The molecule has 2 rings (SSSR count). The molecule has 2 heteroatoms. The Balaban J connectivity index is 1.65. The number of nitrogens with one attached hydrogen (secondary N) is 1. The van der Waals surface area contributed by atoms with E-state index in [2.05, 4.69) is 19.2 Å². The first-order chi connectivity index (χ1) is 7.31. The van der Waals surface area contributed by atoms with Crippen molar-refractivity contribution < 1.29 is 4.74 Å². The van der Waals surface area contributed by atoms with Crippen molar-refractivity contribution in [2.75, 3.05) is 19.8 Å². The Labute approximate surface area is 93.8 Å². The van der Waals surface area contributed by atoms with Crippen LogP contribution in [-0.4, -0.2) is 25.8 Å². The van der Waals surface area contributed by atoms with Gasteiger partial charge in [-0.2, -0.15) is 0 Å². The maximum absolute atomic E-state index is 5.35. The van der Waals surface area contributed by atoms with Crippen molar-refractivity contribution in [1.82, 2.24) is 5.32 Å². The zero-order valence-corrected chi connectivity index (χ0v) is 10.2. The molecule has 0 radical (unpaired) electrons. The predicted octanol–water partition coefficient (Wildman–Crippen LogP) is 2.44. The van der Waals surface area contributed by atoms with E-state index in [1.807, 2.05) is 0 Å². The highest BCUT2D eigenvalue weighted by molar-refractivity contribution is 4.93. The monoisotopic (exact) mass is 211 g/mol. The summed E-state index contributed by atoms with van der Waals surface area (Å²) in [4.78, 5) is 0. The molecule has 0 aliphatic heterocycles. The van der Waals surface area contributed by atoms with E-state index < -0.39 is 0 Å². The Bertz CT molecular complexity index is 195. The first-order valence-electron chi connectivity index (χ1n) is 6.62. The minimum absolute atomic E-state index is 0.695. The number of hydrogen-bond donors (Lipinski definition) is 1. The van der Waals surface area contributed by atoms with Gasteiger partial charge in [0.15, 0.2) is 0 Å². The van der Waals surface area contributed by atoms with E-state index in [0.717, 1.165) is 37.5 Å². The average Bonchev–Trinajstić information content (AvgIpc) is 2.85. The van der Waals surface area contributed by atoms with Crippen LogP contribution in [0.2, 0.25) is 0 Å². The third kappa shape index (κ3) is 2.73. The lowest BCUT2D eigenvalue weighted by molar-refractivity contribution is 0.141. The van der Waals surface area contributed by atoms with E-state index in [9.17, 15) is 0 Å². The molecule has 2 bridgehead atoms. The van der Waals surface area contributed by atoms with E-state index in [0.29, 0.717) is 6.04 Å². The Kier molecular flexibility index (Phi) is 4.04. The molecule has 1 N–H and O–H groups in total. The van der Waals surface area contributed by atoms with Gasteiger partial charge in [0.25, 0.3) is 0 Å². The molecule has 2 aliphatic rings. The van der Waals surface area contributed by atoms with Gasteiger partial charge in [-0.1, -0.05) is 6.42 Å². The molecule has 2 nitrogen and oxygen atoms in total. The Morgan fingerprint density at radius 3 is 2.80 bits per heavy atom. The molecule has 2 fully saturated rings. The van der Waals surface area contributed by atoms with E-state index in [1.165, 1.54) is 25.7 Å². The van der Waals surface area contributed by atoms with Crippen molar-refractivity contribution in [3.63, 3.8) is 0 Å². The second-order valence-corrected chi connectivity index (χ2v) is 5.28. The van der Waals surface area contributed by atoms with Crippen molar-refractivity contribution in [3.05, 3.63) is 0 Å². The molecule has 0 aromatic rings. The highest BCUT2D eigenvalue weighted by Crippen LogP contribution is 2.49. The van der Waals surface area contributed by atoms with Crippen molar-refractivity contribution in [3.8, 4) is 0 Å². The van der Waals surface area contributed by atoms with Crippen LogP contribution in [0.15, 0.2) is 0 Å². The van der Waals surface area contributed by atoms with Crippen LogP contribution in [0, 0.1) is 17.8 Å². The van der Waals surface area contributed by atoms with Crippen LogP contribution in [0.25, 0.3) is 0 Å². The molecule has 88 valence electrons. The van der Waals surface area contributed by atoms with Gasteiger partial charge in [-0.15, -0.1) is 0 Å². The first-order valence-corrected chi connectivity index (χ1v) is 6.62. The SMILES string of the molecule is CCOCCNC(C)C1CC2CCC1C2. The Morgan fingerprint density at radius 1 is 1.33 bits per heavy atom. The third-order valence-corrected chi connectivity index (χ3v) is 4.35. The molecule has 0 aromatic carbocycles. The summed E-state index contributed by atoms with van der Waals surface area (Å²) in [6, 6.07) is 0.695. The van der Waals surface area contributed by atoms with E-state index in [1.54, 1.807) is 0 Å². The summed E-state index contributed by atoms with van der Waals surface area (Å²) in [5, 5.41) is 3.62. The van der Waals surface area contributed by atoms with Crippen LogP contribution in [-0.2, 0) is 4.74 Å². The minimum Gasteiger partial charge on any atom is -0.380 e. The molecule has 0 spiro atoms. The highest BCUT2D eigenvalue weighted by atomic mass is 16.5. The number of fused-ring (bicyclic) bond motifs is 2. The van der Waals surface area contributed by atoms with Crippen LogP contribution in [0.1, 0.15) is 39.5 Å². The van der Waals surface area contributed by atoms with E-state index >= 15 is 0 Å². The van der Waals surface area contributed by atoms with Gasteiger partial charge in [-0.3, -0.25) is 0 Å². The quantitative estimate of drug-likeness (QED) is 0.681. The molecule has 2 saturated carbocycles. The third-order valence-electron chi connectivity index (χ3n) is 4.35. The molecule has 0 heterocycles. The normalized spacial score (nSPS) is 36.0. The summed E-state index contributed by atoms with van der Waals surface area (Å²) in [5.41, 5.74) is 0. The lowest BCUT2D eigenvalue weighted by Crippen LogP contribution is -2.38. The van der Waals surface area contributed by atoms with Crippen LogP contribution >= 0.6 is 0 Å². The second-order valence-electron chi connectivity index (χ2n) is 5.28. The summed E-state index contributed by atoms with van der Waals surface area (Å²) >= 11 is 0. The van der Waals surface area contributed by atoms with Crippen molar-refractivity contribution >= 4 is 0 Å². The topological polar surface area (TPSA) is 21.3 Å². The molecule has 0 saturated heterocycles. The number of rotatable bonds is 6. The summed E-state index contributed by atoms with van der Waals surface area (Å²) in [6.45, 7) is 7.13. The number of ether oxygens (including phenoxy) is 1. The fourth-order valence-electron chi connectivity index (χ4n) is 3.56. The van der Waals surface area contributed by atoms with Gasteiger partial charge in [0.05, 0.1) is 6.61 Å². The molecule has 4 atom stereocenters. The fourth-order valence-corrected chi connectivity index (χ4v) is 3.56. The Hall–Kier alpha value is -0.0800. The van der Waals surface area contributed by atoms with Gasteiger partial charge in [0.2, 0.25) is 0 Å². The second kappa shape index (κ2) is 5.31. The van der Waals surface area contributed by atoms with Gasteiger partial charge in [0.1, 0.15) is 0 Å². The fraction of sp³-hybridized carbons (Fsp3) is 1.00. The zero-order chi connectivity index (χ0) is 10.7. The smallest absolute Gasteiger partial charge is 0.0590 e. The predicted molar refractivity (Wildman–Crippen MR) is 62.9 cm³/mol. The maximum Gasteiger partial charge on any atom is 0.0590 e. The zero-order valence-electron chi connectivity index (χ0n) is 10.2. The molecule has 15 heavy (non-hydrogen) atoms. The van der Waals surface area contributed by atoms with E-state index in [4.69, 9.17) is 4.74 Å². The maximum atomic E-state index is 5.35. The summed E-state index contributed by atoms with van der Waals surface area (Å²) in [7, 11) is 0. The van der Waals surface area contributed by atoms with Crippen molar-refractivity contribution in [2.45, 2.75) is 45.6 Å². The van der Waals surface area contributed by atoms with Crippen LogP contribution < -0.4 is 5.32 Å². The summed E-state index contributed by atoms with van der Waals surface area (Å²) < 4.78 is 5.35. The van der Waals surface area contributed by atoms with Gasteiger partial charge < -0.3 is 10.1 Å². The first kappa shape index (κ1) is 11.4. The largest absolute Gasteiger partial charge is 0.380 e. The van der Waals surface area contributed by atoms with Crippen molar-refractivity contribution in [1.29, 1.82) is 0 Å². The van der Waals surface area contributed by atoms with Crippen LogP contribution in [0.4, 0.5) is 0 Å². The molecular formula is C13H25NO. The summed E-state index contributed by atoms with van der Waals surface area (Å²) in [6.07, 6.45) is 6.00. The molecule has 2 aliphatic carbocycles. The summed E-state index contributed by atoms with van der Waals surface area (Å²) in [5.74, 6) is 3.05. The lowest BCUT2D eigenvalue weighted by Gasteiger charge is -2.28. The molecular weight excluding hydrogens is 186 g/mol. The van der Waals surface area contributed by atoms with E-state index in [-0.39, 0.29) is 0 Å². The minimum atomic E-state index is 0.695. The average molecular weight is 211 g/mol. The van der Waals surface area contributed by atoms with Gasteiger partial charge in [0, 0.05) is 19.2 Å². The highest BCUT2D eigenvalue weighted by Gasteiger charge is 2.41. The molecule has 4 unspecified atom stereocenters. The standard InChI is InChI=1S/C13H25NO/c1-3-15-7-6-14-10(2)13-9-11-4-5-12(13)8-11/h10-14H,3-9H2,1-2H3. The van der Waals surface area contributed by atoms with Crippen LogP contribution in [0.5, 0.6) is 0 Å². The Morgan fingerprint density at radius 2 is 2.20 bits per heavy atom. The lowest BCUT2D eigenvalue weighted by atomic mass is 9.84. The number of hydrogen-bond acceptors (Lipinski definition) is 2.